The molecule has 0 atom stereocenters. The summed E-state index contributed by atoms with van der Waals surface area (Å²) >= 11 is 0. The Kier molecular flexibility index (Phi) is 4.51. The van der Waals surface area contributed by atoms with Crippen LogP contribution in [0.5, 0.6) is 0 Å². The second-order valence-corrected chi connectivity index (χ2v) is 7.91. The zero-order chi connectivity index (χ0) is 20.7. The maximum absolute atomic E-state index is 12.7. The minimum absolute atomic E-state index is 0.0873. The summed E-state index contributed by atoms with van der Waals surface area (Å²) in [5.74, 6) is 0.990. The van der Waals surface area contributed by atoms with Crippen LogP contribution >= 0.6 is 0 Å². The predicted octanol–water partition coefficient (Wildman–Crippen LogP) is 4.93. The lowest BCUT2D eigenvalue weighted by Gasteiger charge is -2.30. The number of carbonyl (C=O) groups excluding carboxylic acids is 1. The summed E-state index contributed by atoms with van der Waals surface area (Å²) in [4.78, 5) is 19.8. The minimum Gasteiger partial charge on any atom is -0.362 e. The largest absolute Gasteiger partial charge is 0.362 e. The highest BCUT2D eigenvalue weighted by atomic mass is 16.1. The van der Waals surface area contributed by atoms with Gasteiger partial charge in [0.25, 0.3) is 5.91 Å². The first-order valence-electron chi connectivity index (χ1n) is 10.3. The highest BCUT2D eigenvalue weighted by molar-refractivity contribution is 6.04. The van der Waals surface area contributed by atoms with Gasteiger partial charge in [-0.15, -0.1) is 0 Å². The molecule has 0 aliphatic carbocycles. The van der Waals surface area contributed by atoms with E-state index in [1.54, 1.807) is 0 Å². The first-order valence-corrected chi connectivity index (χ1v) is 10.3. The molecule has 1 amide bonds. The fourth-order valence-corrected chi connectivity index (χ4v) is 4.03. The number of para-hydroxylation sites is 2. The Morgan fingerprint density at radius 2 is 1.77 bits per heavy atom. The van der Waals surface area contributed by atoms with E-state index in [9.17, 15) is 4.79 Å². The van der Waals surface area contributed by atoms with Crippen molar-refractivity contribution in [2.24, 2.45) is 0 Å². The van der Waals surface area contributed by atoms with Crippen LogP contribution in [0.4, 0.5) is 11.4 Å². The average Bonchev–Trinajstić information content (AvgIpc) is 3.13. The number of anilines is 2. The summed E-state index contributed by atoms with van der Waals surface area (Å²) in [5.41, 5.74) is 7.03. The minimum atomic E-state index is -0.0873. The molecular weight excluding hydrogens is 372 g/mol. The molecule has 1 N–H and O–H groups in total. The molecule has 5 heteroatoms. The Morgan fingerprint density at radius 1 is 0.967 bits per heavy atom. The van der Waals surface area contributed by atoms with E-state index >= 15 is 0 Å². The van der Waals surface area contributed by atoms with Crippen LogP contribution in [0, 0.1) is 13.8 Å². The van der Waals surface area contributed by atoms with Crippen LogP contribution in [-0.2, 0) is 13.1 Å². The second-order valence-electron chi connectivity index (χ2n) is 7.91. The van der Waals surface area contributed by atoms with Crippen molar-refractivity contribution in [1.29, 1.82) is 0 Å². The SMILES string of the molecule is Cc1ccc(C(=O)Nc2cc(N3CCn4c(nc5ccccc54)C3)ccc2C)cc1. The number of fused-ring (bicyclic) bond motifs is 3. The molecule has 0 unspecified atom stereocenters. The third-order valence-corrected chi connectivity index (χ3v) is 5.81. The van der Waals surface area contributed by atoms with Gasteiger partial charge in [-0.05, 0) is 55.8 Å². The van der Waals surface area contributed by atoms with Gasteiger partial charge in [0.1, 0.15) is 5.82 Å². The molecule has 30 heavy (non-hydrogen) atoms. The van der Waals surface area contributed by atoms with Crippen LogP contribution in [0.1, 0.15) is 27.3 Å². The summed E-state index contributed by atoms with van der Waals surface area (Å²) in [6.07, 6.45) is 0. The third-order valence-electron chi connectivity index (χ3n) is 5.81. The number of hydrogen-bond donors (Lipinski definition) is 1. The number of nitrogens with one attached hydrogen (secondary N) is 1. The number of aryl methyl sites for hydroxylation is 2. The Labute approximate surface area is 176 Å². The molecule has 0 fully saturated rings. The van der Waals surface area contributed by atoms with Gasteiger partial charge in [-0.3, -0.25) is 4.79 Å². The zero-order valence-corrected chi connectivity index (χ0v) is 17.2. The summed E-state index contributed by atoms with van der Waals surface area (Å²) in [6, 6.07) is 22.2. The highest BCUT2D eigenvalue weighted by Gasteiger charge is 2.21. The molecule has 1 aliphatic heterocycles. The number of benzene rings is 3. The van der Waals surface area contributed by atoms with E-state index in [0.717, 1.165) is 53.5 Å². The molecule has 5 nitrogen and oxygen atoms in total. The lowest BCUT2D eigenvalue weighted by Crippen LogP contribution is -2.33. The molecule has 4 aromatic rings. The topological polar surface area (TPSA) is 50.2 Å². The number of rotatable bonds is 3. The van der Waals surface area contributed by atoms with Crippen LogP contribution in [0.25, 0.3) is 11.0 Å². The van der Waals surface area contributed by atoms with Gasteiger partial charge in [-0.25, -0.2) is 4.98 Å². The van der Waals surface area contributed by atoms with Crippen molar-refractivity contribution in [3.05, 3.63) is 89.2 Å². The monoisotopic (exact) mass is 396 g/mol. The Bertz CT molecular complexity index is 1240. The number of hydrogen-bond acceptors (Lipinski definition) is 3. The first-order chi connectivity index (χ1) is 14.6. The quantitative estimate of drug-likeness (QED) is 0.534. The van der Waals surface area contributed by atoms with Crippen molar-refractivity contribution in [3.63, 3.8) is 0 Å². The fraction of sp³-hybridized carbons (Fsp3) is 0.200. The molecule has 2 heterocycles. The summed E-state index contributed by atoms with van der Waals surface area (Å²) < 4.78 is 2.31. The molecule has 0 bridgehead atoms. The molecule has 3 aromatic carbocycles. The van der Waals surface area contributed by atoms with Gasteiger partial charge < -0.3 is 14.8 Å². The third kappa shape index (κ3) is 3.32. The van der Waals surface area contributed by atoms with Gasteiger partial charge in [0.05, 0.1) is 17.6 Å². The van der Waals surface area contributed by atoms with Crippen LogP contribution in [0.3, 0.4) is 0 Å². The molecule has 0 saturated carbocycles. The van der Waals surface area contributed by atoms with E-state index in [0.29, 0.717) is 5.56 Å². The van der Waals surface area contributed by atoms with Gasteiger partial charge in [-0.2, -0.15) is 0 Å². The van der Waals surface area contributed by atoms with E-state index < -0.39 is 0 Å². The number of aromatic nitrogens is 2. The van der Waals surface area contributed by atoms with Crippen LogP contribution in [0.15, 0.2) is 66.7 Å². The maximum atomic E-state index is 12.7. The highest BCUT2D eigenvalue weighted by Crippen LogP contribution is 2.28. The van der Waals surface area contributed by atoms with Crippen LogP contribution < -0.4 is 10.2 Å². The van der Waals surface area contributed by atoms with Crippen LogP contribution in [0.2, 0.25) is 0 Å². The predicted molar refractivity (Wildman–Crippen MR) is 121 cm³/mol. The van der Waals surface area contributed by atoms with Gasteiger partial charge in [-0.1, -0.05) is 35.9 Å². The normalized spacial score (nSPS) is 13.3. The lowest BCUT2D eigenvalue weighted by molar-refractivity contribution is 0.102. The molecule has 1 aromatic heterocycles. The summed E-state index contributed by atoms with van der Waals surface area (Å²) in [6.45, 7) is 6.59. The Morgan fingerprint density at radius 3 is 2.60 bits per heavy atom. The van der Waals surface area contributed by atoms with E-state index in [1.807, 2.05) is 44.2 Å². The van der Waals surface area contributed by atoms with E-state index in [-0.39, 0.29) is 5.91 Å². The zero-order valence-electron chi connectivity index (χ0n) is 17.2. The Hall–Kier alpha value is -3.60. The van der Waals surface area contributed by atoms with Crippen molar-refractivity contribution in [2.45, 2.75) is 26.9 Å². The van der Waals surface area contributed by atoms with Crippen molar-refractivity contribution in [3.8, 4) is 0 Å². The summed E-state index contributed by atoms with van der Waals surface area (Å²) in [7, 11) is 0. The van der Waals surface area contributed by atoms with Gasteiger partial charge in [0.2, 0.25) is 0 Å². The molecule has 5 rings (SSSR count). The number of nitrogens with zero attached hydrogens (tertiary/aromatic N) is 3. The van der Waals surface area contributed by atoms with E-state index in [1.165, 1.54) is 5.52 Å². The molecular formula is C25H24N4O. The second kappa shape index (κ2) is 7.34. The molecule has 0 saturated heterocycles. The van der Waals surface area contributed by atoms with Gasteiger partial charge in [0, 0.05) is 30.0 Å². The fourth-order valence-electron chi connectivity index (χ4n) is 4.03. The molecule has 0 spiro atoms. The number of amides is 1. The van der Waals surface area contributed by atoms with Crippen molar-refractivity contribution >= 4 is 28.3 Å². The average molecular weight is 396 g/mol. The molecule has 1 aliphatic rings. The first kappa shape index (κ1) is 18.4. The van der Waals surface area contributed by atoms with Gasteiger partial charge >= 0.3 is 0 Å². The number of carbonyl (C=O) groups is 1. The van der Waals surface area contributed by atoms with Crippen molar-refractivity contribution in [2.75, 3.05) is 16.8 Å². The molecule has 150 valence electrons. The van der Waals surface area contributed by atoms with Crippen molar-refractivity contribution in [1.82, 2.24) is 9.55 Å². The van der Waals surface area contributed by atoms with Crippen LogP contribution in [-0.4, -0.2) is 22.0 Å². The smallest absolute Gasteiger partial charge is 0.255 e. The standard InChI is InChI=1S/C25H24N4O/c1-17-7-10-19(11-8-17)25(30)27-22-15-20(12-9-18(22)2)28-13-14-29-23-6-4-3-5-21(23)26-24(29)16-28/h3-12,15H,13-14,16H2,1-2H3,(H,27,30). The Balaban J connectivity index is 1.39. The lowest BCUT2D eigenvalue weighted by atomic mass is 10.1. The number of imidazole rings is 1. The maximum Gasteiger partial charge on any atom is 0.255 e. The molecule has 0 radical (unpaired) electrons. The van der Waals surface area contributed by atoms with Gasteiger partial charge in [0.15, 0.2) is 0 Å². The van der Waals surface area contributed by atoms with E-state index in [4.69, 9.17) is 4.98 Å². The van der Waals surface area contributed by atoms with Crippen molar-refractivity contribution < 1.29 is 4.79 Å². The summed E-state index contributed by atoms with van der Waals surface area (Å²) in [5, 5.41) is 3.08. The van der Waals surface area contributed by atoms with E-state index in [2.05, 4.69) is 51.2 Å².